The molecular formula is C18H25N3OS. The van der Waals surface area contributed by atoms with Crippen LogP contribution in [0.4, 0.5) is 4.79 Å². The molecule has 0 bridgehead atoms. The highest BCUT2D eigenvalue weighted by atomic mass is 32.1. The first kappa shape index (κ1) is 17.5. The van der Waals surface area contributed by atoms with Crippen molar-refractivity contribution in [3.05, 3.63) is 57.8 Å². The van der Waals surface area contributed by atoms with Gasteiger partial charge in [-0.15, -0.1) is 0 Å². The lowest BCUT2D eigenvalue weighted by molar-refractivity contribution is 0.241. The van der Waals surface area contributed by atoms with Gasteiger partial charge >= 0.3 is 6.03 Å². The highest BCUT2D eigenvalue weighted by molar-refractivity contribution is 7.07. The summed E-state index contributed by atoms with van der Waals surface area (Å²) in [5, 5.41) is 13.2. The number of thiophene rings is 1. The Labute approximate surface area is 142 Å². The normalized spacial score (nSPS) is 10.5. The quantitative estimate of drug-likeness (QED) is 0.619. The molecule has 0 radical (unpaired) electrons. The molecular weight excluding hydrogens is 306 g/mol. The standard InChI is InChI=1S/C18H25N3OS/c1-19-13-17-6-3-2-5-16(17)7-4-10-20-18(22)21-11-8-15-9-12-23-14-15/h2-3,5-6,9,12,14,19H,4,7-8,10-11,13H2,1H3,(H2,20,21,22). The summed E-state index contributed by atoms with van der Waals surface area (Å²) in [5.74, 6) is 0. The summed E-state index contributed by atoms with van der Waals surface area (Å²) in [4.78, 5) is 11.7. The number of hydrogen-bond acceptors (Lipinski definition) is 3. The first-order valence-electron chi connectivity index (χ1n) is 8.03. The number of benzene rings is 1. The first-order valence-corrected chi connectivity index (χ1v) is 8.98. The van der Waals surface area contributed by atoms with Crippen LogP contribution in [0.2, 0.25) is 0 Å². The summed E-state index contributed by atoms with van der Waals surface area (Å²) >= 11 is 1.68. The van der Waals surface area contributed by atoms with E-state index in [1.165, 1.54) is 16.7 Å². The summed E-state index contributed by atoms with van der Waals surface area (Å²) in [5.41, 5.74) is 3.95. The monoisotopic (exact) mass is 331 g/mol. The van der Waals surface area contributed by atoms with E-state index in [1.807, 2.05) is 7.05 Å². The molecule has 0 atom stereocenters. The van der Waals surface area contributed by atoms with E-state index >= 15 is 0 Å². The predicted molar refractivity (Wildman–Crippen MR) is 97.0 cm³/mol. The smallest absolute Gasteiger partial charge is 0.314 e. The van der Waals surface area contributed by atoms with Crippen molar-refractivity contribution in [2.24, 2.45) is 0 Å². The number of amides is 2. The second-order valence-electron chi connectivity index (χ2n) is 5.47. The van der Waals surface area contributed by atoms with Crippen LogP contribution in [-0.2, 0) is 19.4 Å². The van der Waals surface area contributed by atoms with Crippen LogP contribution in [0.3, 0.4) is 0 Å². The zero-order chi connectivity index (χ0) is 16.3. The van der Waals surface area contributed by atoms with Crippen molar-refractivity contribution < 1.29 is 4.79 Å². The van der Waals surface area contributed by atoms with Crippen LogP contribution in [0, 0.1) is 0 Å². The van der Waals surface area contributed by atoms with Crippen molar-refractivity contribution in [1.82, 2.24) is 16.0 Å². The summed E-state index contributed by atoms with van der Waals surface area (Å²) < 4.78 is 0. The lowest BCUT2D eigenvalue weighted by atomic mass is 10.0. The van der Waals surface area contributed by atoms with Gasteiger partial charge in [-0.25, -0.2) is 4.79 Å². The Morgan fingerprint density at radius 3 is 2.57 bits per heavy atom. The molecule has 4 nitrogen and oxygen atoms in total. The van der Waals surface area contributed by atoms with E-state index in [9.17, 15) is 4.79 Å². The van der Waals surface area contributed by atoms with Crippen LogP contribution >= 0.6 is 11.3 Å². The third-order valence-corrected chi connectivity index (χ3v) is 4.41. The molecule has 0 spiro atoms. The first-order chi connectivity index (χ1) is 11.3. The van der Waals surface area contributed by atoms with Gasteiger partial charge in [0.15, 0.2) is 0 Å². The predicted octanol–water partition coefficient (Wildman–Crippen LogP) is 2.94. The molecule has 23 heavy (non-hydrogen) atoms. The average molecular weight is 331 g/mol. The number of aryl methyl sites for hydroxylation is 1. The molecule has 3 N–H and O–H groups in total. The Morgan fingerprint density at radius 2 is 1.83 bits per heavy atom. The number of nitrogens with one attached hydrogen (secondary N) is 3. The molecule has 0 saturated heterocycles. The minimum Gasteiger partial charge on any atom is -0.338 e. The minimum absolute atomic E-state index is 0.0799. The van der Waals surface area contributed by atoms with Crippen molar-refractivity contribution in [3.63, 3.8) is 0 Å². The van der Waals surface area contributed by atoms with Crippen LogP contribution < -0.4 is 16.0 Å². The van der Waals surface area contributed by atoms with Gasteiger partial charge in [0.2, 0.25) is 0 Å². The van der Waals surface area contributed by atoms with Gasteiger partial charge in [-0.05, 0) is 59.8 Å². The van der Waals surface area contributed by atoms with Gasteiger partial charge in [-0.1, -0.05) is 24.3 Å². The highest BCUT2D eigenvalue weighted by Crippen LogP contribution is 2.10. The van der Waals surface area contributed by atoms with Crippen molar-refractivity contribution in [3.8, 4) is 0 Å². The topological polar surface area (TPSA) is 53.2 Å². The van der Waals surface area contributed by atoms with Crippen molar-refractivity contribution >= 4 is 17.4 Å². The Kier molecular flexibility index (Phi) is 7.63. The van der Waals surface area contributed by atoms with Crippen molar-refractivity contribution in [1.29, 1.82) is 0 Å². The molecule has 124 valence electrons. The van der Waals surface area contributed by atoms with E-state index in [-0.39, 0.29) is 6.03 Å². The second-order valence-corrected chi connectivity index (χ2v) is 6.25. The molecule has 0 fully saturated rings. The third kappa shape index (κ3) is 6.42. The maximum absolute atomic E-state index is 11.7. The van der Waals surface area contributed by atoms with Gasteiger partial charge in [-0.3, -0.25) is 0 Å². The van der Waals surface area contributed by atoms with E-state index in [4.69, 9.17) is 0 Å². The van der Waals surface area contributed by atoms with Crippen LogP contribution in [0.25, 0.3) is 0 Å². The number of hydrogen-bond donors (Lipinski definition) is 3. The molecule has 5 heteroatoms. The molecule has 0 aliphatic carbocycles. The Hall–Kier alpha value is -1.85. The van der Waals surface area contributed by atoms with Gasteiger partial charge in [0, 0.05) is 19.6 Å². The Bertz CT molecular complexity index is 584. The fourth-order valence-corrected chi connectivity index (χ4v) is 3.17. The van der Waals surface area contributed by atoms with Crippen molar-refractivity contribution in [2.75, 3.05) is 20.1 Å². The van der Waals surface area contributed by atoms with Gasteiger partial charge < -0.3 is 16.0 Å². The maximum Gasteiger partial charge on any atom is 0.314 e. The SMILES string of the molecule is CNCc1ccccc1CCCNC(=O)NCCc1ccsc1. The van der Waals surface area contributed by atoms with Crippen LogP contribution in [0.1, 0.15) is 23.1 Å². The van der Waals surface area contributed by atoms with E-state index in [0.29, 0.717) is 13.1 Å². The molecule has 2 aromatic rings. The molecule has 1 heterocycles. The number of carbonyl (C=O) groups is 1. The number of carbonyl (C=O) groups excluding carboxylic acids is 1. The summed E-state index contributed by atoms with van der Waals surface area (Å²) in [6.45, 7) is 2.25. The molecule has 0 aliphatic rings. The number of rotatable bonds is 9. The van der Waals surface area contributed by atoms with Gasteiger partial charge in [0.1, 0.15) is 0 Å². The summed E-state index contributed by atoms with van der Waals surface area (Å²) in [7, 11) is 1.96. The number of urea groups is 1. The Morgan fingerprint density at radius 1 is 1.04 bits per heavy atom. The van der Waals surface area contributed by atoms with Crippen LogP contribution in [0.5, 0.6) is 0 Å². The maximum atomic E-state index is 11.7. The minimum atomic E-state index is -0.0799. The van der Waals surface area contributed by atoms with E-state index < -0.39 is 0 Å². The fraction of sp³-hybridized carbons (Fsp3) is 0.389. The molecule has 1 aromatic carbocycles. The van der Waals surface area contributed by atoms with Gasteiger partial charge in [0.05, 0.1) is 0 Å². The van der Waals surface area contributed by atoms with Crippen LogP contribution in [0.15, 0.2) is 41.1 Å². The van der Waals surface area contributed by atoms with Crippen LogP contribution in [-0.4, -0.2) is 26.2 Å². The zero-order valence-corrected chi connectivity index (χ0v) is 14.4. The van der Waals surface area contributed by atoms with E-state index in [1.54, 1.807) is 11.3 Å². The van der Waals surface area contributed by atoms with E-state index in [0.717, 1.165) is 25.8 Å². The van der Waals surface area contributed by atoms with Gasteiger partial charge in [0.25, 0.3) is 0 Å². The molecule has 0 unspecified atom stereocenters. The third-order valence-electron chi connectivity index (χ3n) is 3.67. The molecule has 0 saturated carbocycles. The fourth-order valence-electron chi connectivity index (χ4n) is 2.46. The molecule has 0 aliphatic heterocycles. The van der Waals surface area contributed by atoms with Crippen molar-refractivity contribution in [2.45, 2.75) is 25.8 Å². The highest BCUT2D eigenvalue weighted by Gasteiger charge is 2.02. The Balaban J connectivity index is 1.60. The summed E-state index contributed by atoms with van der Waals surface area (Å²) in [6, 6.07) is 10.5. The average Bonchev–Trinajstić information content (AvgIpc) is 3.07. The molecule has 1 aromatic heterocycles. The van der Waals surface area contributed by atoms with Gasteiger partial charge in [-0.2, -0.15) is 11.3 Å². The second kappa shape index (κ2) is 10.0. The molecule has 2 rings (SSSR count). The lowest BCUT2D eigenvalue weighted by Gasteiger charge is -2.10. The molecule has 2 amide bonds. The zero-order valence-electron chi connectivity index (χ0n) is 13.6. The largest absolute Gasteiger partial charge is 0.338 e. The lowest BCUT2D eigenvalue weighted by Crippen LogP contribution is -2.37. The summed E-state index contributed by atoms with van der Waals surface area (Å²) in [6.07, 6.45) is 2.81. The van der Waals surface area contributed by atoms with E-state index in [2.05, 4.69) is 57.0 Å².